The van der Waals surface area contributed by atoms with Crippen LogP contribution in [0.25, 0.3) is 0 Å². The first-order valence-corrected chi connectivity index (χ1v) is 2.22. The second kappa shape index (κ2) is 1.73. The summed E-state index contributed by atoms with van der Waals surface area (Å²) in [5.41, 5.74) is 3.67. The summed E-state index contributed by atoms with van der Waals surface area (Å²) in [7, 11) is 0. The lowest BCUT2D eigenvalue weighted by Gasteiger charge is -1.84. The van der Waals surface area contributed by atoms with E-state index in [4.69, 9.17) is 0 Å². The van der Waals surface area contributed by atoms with Crippen molar-refractivity contribution < 1.29 is 0 Å². The Morgan fingerprint density at radius 1 is 1.71 bits per heavy atom. The quantitative estimate of drug-likeness (QED) is 0.452. The first-order chi connectivity index (χ1) is 3.43. The molecule has 3 nitrogen and oxygen atoms in total. The second-order valence-corrected chi connectivity index (χ2v) is 1.23. The summed E-state index contributed by atoms with van der Waals surface area (Å²) < 4.78 is 0. The van der Waals surface area contributed by atoms with E-state index in [2.05, 4.69) is 15.5 Å². The van der Waals surface area contributed by atoms with Gasteiger partial charge in [-0.25, -0.2) is 4.99 Å². The Morgan fingerprint density at radius 3 is 2.86 bits per heavy atom. The van der Waals surface area contributed by atoms with Crippen LogP contribution in [0.3, 0.4) is 0 Å². The highest BCUT2D eigenvalue weighted by atomic mass is 15.4. The van der Waals surface area contributed by atoms with Gasteiger partial charge in [-0.05, 0) is 0 Å². The summed E-state index contributed by atoms with van der Waals surface area (Å²) >= 11 is 0. The van der Waals surface area contributed by atoms with E-state index in [0.29, 0.717) is 0 Å². The molecule has 0 amide bonds. The smallest absolute Gasteiger partial charge is 0.152 e. The van der Waals surface area contributed by atoms with Crippen LogP contribution in [-0.4, -0.2) is 12.2 Å². The lowest BCUT2D eigenvalue weighted by Crippen LogP contribution is -2.02. The Labute approximate surface area is 42.1 Å². The van der Waals surface area contributed by atoms with E-state index in [9.17, 15) is 0 Å². The van der Waals surface area contributed by atoms with Gasteiger partial charge in [-0.1, -0.05) is 6.92 Å². The highest BCUT2D eigenvalue weighted by Crippen LogP contribution is 1.86. The van der Waals surface area contributed by atoms with Crippen LogP contribution in [0.15, 0.2) is 10.1 Å². The Kier molecular flexibility index (Phi) is 1.06. The fourth-order valence-corrected chi connectivity index (χ4v) is 0.373. The van der Waals surface area contributed by atoms with E-state index in [0.717, 1.165) is 12.3 Å². The molecular weight excluding hydrogens is 90.1 g/mol. The Hall–Kier alpha value is -0.860. The number of nitrogens with zero attached hydrogens (tertiary/aromatic N) is 3. The molecule has 37 valence electrons. The normalized spacial score (nSPS) is 16.4. The zero-order chi connectivity index (χ0) is 5.11. The third kappa shape index (κ3) is 0.765. The van der Waals surface area contributed by atoms with E-state index >= 15 is 0 Å². The van der Waals surface area contributed by atoms with Gasteiger partial charge in [0, 0.05) is 6.42 Å². The van der Waals surface area contributed by atoms with Crippen molar-refractivity contribution >= 4 is 12.2 Å². The van der Waals surface area contributed by atoms with Gasteiger partial charge in [-0.15, -0.1) is 10.5 Å². The predicted molar refractivity (Wildman–Crippen MR) is 28.4 cm³/mol. The van der Waals surface area contributed by atoms with Crippen LogP contribution < -0.4 is 5.43 Å². The maximum absolute atomic E-state index is 3.81. The molecule has 0 fully saturated rings. The number of amidine groups is 1. The Morgan fingerprint density at radius 2 is 2.57 bits per heavy atom. The van der Waals surface area contributed by atoms with Crippen molar-refractivity contribution in [2.24, 2.45) is 10.1 Å². The molecule has 0 aromatic rings. The molecule has 1 aliphatic heterocycles. The van der Waals surface area contributed by atoms with Crippen molar-refractivity contribution in [2.45, 2.75) is 13.3 Å². The molecule has 0 spiro atoms. The molecule has 0 saturated heterocycles. The third-order valence-electron chi connectivity index (χ3n) is 0.748. The van der Waals surface area contributed by atoms with Crippen molar-refractivity contribution in [3.05, 3.63) is 0 Å². The molecule has 0 unspecified atom stereocenters. The average molecular weight is 96.1 g/mol. The van der Waals surface area contributed by atoms with Crippen LogP contribution >= 0.6 is 0 Å². The molecule has 7 heavy (non-hydrogen) atoms. The minimum Gasteiger partial charge on any atom is -0.218 e. The van der Waals surface area contributed by atoms with Gasteiger partial charge in [-0.2, -0.15) is 0 Å². The lowest BCUT2D eigenvalue weighted by molar-refractivity contribution is 0.999. The average Bonchev–Trinajstić information content (AvgIpc) is 2.14. The van der Waals surface area contributed by atoms with Crippen molar-refractivity contribution in [1.82, 2.24) is 5.43 Å². The van der Waals surface area contributed by atoms with Crippen molar-refractivity contribution in [2.75, 3.05) is 0 Å². The van der Waals surface area contributed by atoms with Gasteiger partial charge < -0.3 is 0 Å². The lowest BCUT2D eigenvalue weighted by atomic mass is 10.5. The third-order valence-corrected chi connectivity index (χ3v) is 0.748. The summed E-state index contributed by atoms with van der Waals surface area (Å²) in [5.74, 6) is 0.819. The molecule has 0 aliphatic carbocycles. The van der Waals surface area contributed by atoms with E-state index in [1.165, 1.54) is 6.34 Å². The molecule has 1 heterocycles. The molecular formula is C4H6N3. The maximum atomic E-state index is 3.81. The first-order valence-electron chi connectivity index (χ1n) is 2.22. The number of hydrogen-bond donors (Lipinski definition) is 0. The minimum atomic E-state index is 0.819. The zero-order valence-corrected chi connectivity index (χ0v) is 4.13. The van der Waals surface area contributed by atoms with Gasteiger partial charge in [-0.3, -0.25) is 0 Å². The van der Waals surface area contributed by atoms with Gasteiger partial charge in [0.2, 0.25) is 0 Å². The molecule has 0 saturated carbocycles. The number of rotatable bonds is 1. The standard InChI is InChI=1S/C4H6N3/c1-2-4-5-3-6-7-4/h3H,2H2,1H3. The fraction of sp³-hybridized carbons (Fsp3) is 0.500. The largest absolute Gasteiger partial charge is 0.218 e. The SMILES string of the molecule is CCC1=NC=N[N]1. The van der Waals surface area contributed by atoms with Crippen LogP contribution in [0.1, 0.15) is 13.3 Å². The van der Waals surface area contributed by atoms with Gasteiger partial charge >= 0.3 is 0 Å². The molecule has 1 radical (unpaired) electrons. The van der Waals surface area contributed by atoms with Crippen LogP contribution in [0.2, 0.25) is 0 Å². The minimum absolute atomic E-state index is 0.819. The predicted octanol–water partition coefficient (Wildman–Crippen LogP) is 0.356. The highest BCUT2D eigenvalue weighted by Gasteiger charge is 1.96. The van der Waals surface area contributed by atoms with Crippen LogP contribution in [-0.2, 0) is 0 Å². The molecule has 0 N–H and O–H groups in total. The maximum Gasteiger partial charge on any atom is 0.152 e. The Balaban J connectivity index is 2.45. The summed E-state index contributed by atoms with van der Waals surface area (Å²) in [6, 6.07) is 0. The molecule has 0 atom stereocenters. The number of aliphatic imine (C=N–C) groups is 1. The van der Waals surface area contributed by atoms with Crippen molar-refractivity contribution in [1.29, 1.82) is 0 Å². The van der Waals surface area contributed by atoms with Crippen molar-refractivity contribution in [3.8, 4) is 0 Å². The van der Waals surface area contributed by atoms with Crippen LogP contribution in [0.4, 0.5) is 0 Å². The zero-order valence-electron chi connectivity index (χ0n) is 4.13. The van der Waals surface area contributed by atoms with E-state index in [-0.39, 0.29) is 0 Å². The van der Waals surface area contributed by atoms with Crippen LogP contribution in [0.5, 0.6) is 0 Å². The summed E-state index contributed by atoms with van der Waals surface area (Å²) in [6.45, 7) is 2.00. The molecule has 3 heteroatoms. The van der Waals surface area contributed by atoms with Crippen molar-refractivity contribution in [3.63, 3.8) is 0 Å². The van der Waals surface area contributed by atoms with Crippen LogP contribution in [0, 0.1) is 0 Å². The molecule has 0 bridgehead atoms. The molecule has 1 rings (SSSR count). The number of hydrogen-bond acceptors (Lipinski definition) is 2. The molecule has 0 aromatic carbocycles. The summed E-state index contributed by atoms with van der Waals surface area (Å²) in [6.07, 6.45) is 2.33. The van der Waals surface area contributed by atoms with Gasteiger partial charge in [0.05, 0.1) is 0 Å². The monoisotopic (exact) mass is 96.1 g/mol. The first kappa shape index (κ1) is 4.30. The highest BCUT2D eigenvalue weighted by molar-refractivity contribution is 5.91. The van der Waals surface area contributed by atoms with E-state index in [1.807, 2.05) is 6.92 Å². The fourth-order valence-electron chi connectivity index (χ4n) is 0.373. The van der Waals surface area contributed by atoms with E-state index < -0.39 is 0 Å². The summed E-state index contributed by atoms with van der Waals surface area (Å²) in [4.78, 5) is 3.81. The Bertz CT molecular complexity index is 114. The molecule has 1 aliphatic rings. The van der Waals surface area contributed by atoms with E-state index in [1.54, 1.807) is 0 Å². The topological polar surface area (TPSA) is 38.8 Å². The second-order valence-electron chi connectivity index (χ2n) is 1.23. The molecule has 0 aromatic heterocycles. The summed E-state index contributed by atoms with van der Waals surface area (Å²) in [5, 5.41) is 3.53. The van der Waals surface area contributed by atoms with Gasteiger partial charge in [0.1, 0.15) is 6.34 Å². The van der Waals surface area contributed by atoms with Gasteiger partial charge in [0.25, 0.3) is 0 Å². The van der Waals surface area contributed by atoms with Gasteiger partial charge in [0.15, 0.2) is 5.84 Å².